The first-order chi connectivity index (χ1) is 15.0. The average Bonchev–Trinajstić information content (AvgIpc) is 3.39. The standard InChI is InChI=1S/C19H19FN6O5/c20-10-1-2-12(14(5-10)31-9-16(27)28)26-17-11(6-22-26)18(29)24-19(23-17)25-3-4-30-15-8-21-7-13(15)25/h1-2,5-6,13,15,21H,3-4,7-9H2,(H,27,28)(H,23,24,29)/t13-,15+/m0/s1. The lowest BCUT2D eigenvalue weighted by Gasteiger charge is -2.36. The van der Waals surface area contributed by atoms with Gasteiger partial charge in [-0.05, 0) is 12.1 Å². The molecule has 2 aromatic heterocycles. The van der Waals surface area contributed by atoms with Crippen molar-refractivity contribution in [3.8, 4) is 17.3 Å². The SMILES string of the molecule is O=C(O)COc1cc(F)ccc1-n1ncc2c(O)nc(N3CCO[C@@H]4CNC[C@@H]43)nc21. The van der Waals surface area contributed by atoms with Crippen molar-refractivity contribution >= 4 is 23.0 Å². The summed E-state index contributed by atoms with van der Waals surface area (Å²) in [5, 5.41) is 27.3. The van der Waals surface area contributed by atoms with Gasteiger partial charge in [0, 0.05) is 25.7 Å². The van der Waals surface area contributed by atoms with Gasteiger partial charge in [-0.25, -0.2) is 13.9 Å². The molecule has 11 nitrogen and oxygen atoms in total. The summed E-state index contributed by atoms with van der Waals surface area (Å²) in [4.78, 5) is 21.8. The molecule has 2 saturated heterocycles. The van der Waals surface area contributed by atoms with Gasteiger partial charge in [-0.15, -0.1) is 0 Å². The third-order valence-corrected chi connectivity index (χ3v) is 5.35. The summed E-state index contributed by atoms with van der Waals surface area (Å²) in [7, 11) is 0. The molecule has 0 saturated carbocycles. The molecular formula is C19H19FN6O5. The van der Waals surface area contributed by atoms with Crippen molar-refractivity contribution < 1.29 is 28.9 Å². The minimum Gasteiger partial charge on any atom is -0.493 e. The van der Waals surface area contributed by atoms with Crippen molar-refractivity contribution in [2.45, 2.75) is 12.1 Å². The lowest BCUT2D eigenvalue weighted by Crippen LogP contribution is -2.51. The number of benzene rings is 1. The van der Waals surface area contributed by atoms with Crippen LogP contribution in [0.5, 0.6) is 11.6 Å². The molecule has 12 heteroatoms. The minimum atomic E-state index is -1.20. The van der Waals surface area contributed by atoms with Crippen LogP contribution < -0.4 is 15.0 Å². The lowest BCUT2D eigenvalue weighted by molar-refractivity contribution is -0.139. The second-order valence-corrected chi connectivity index (χ2v) is 7.26. The molecule has 5 rings (SSSR count). The van der Waals surface area contributed by atoms with Crippen molar-refractivity contribution in [2.75, 3.05) is 37.7 Å². The molecule has 31 heavy (non-hydrogen) atoms. The molecule has 2 fully saturated rings. The molecule has 162 valence electrons. The number of fused-ring (bicyclic) bond motifs is 2. The highest BCUT2D eigenvalue weighted by molar-refractivity contribution is 5.83. The molecule has 0 aliphatic carbocycles. The van der Waals surface area contributed by atoms with Crippen LogP contribution in [0.3, 0.4) is 0 Å². The number of nitrogens with one attached hydrogen (secondary N) is 1. The number of carbonyl (C=O) groups is 1. The Labute approximate surface area is 175 Å². The molecule has 2 aliphatic heterocycles. The summed E-state index contributed by atoms with van der Waals surface area (Å²) >= 11 is 0. The average molecular weight is 430 g/mol. The largest absolute Gasteiger partial charge is 0.493 e. The fraction of sp³-hybridized carbons (Fsp3) is 0.368. The van der Waals surface area contributed by atoms with E-state index in [1.54, 1.807) is 0 Å². The van der Waals surface area contributed by atoms with Crippen molar-refractivity contribution in [3.05, 3.63) is 30.2 Å². The molecule has 2 aliphatic rings. The first-order valence-corrected chi connectivity index (χ1v) is 9.69. The Balaban J connectivity index is 1.59. The predicted octanol–water partition coefficient (Wildman–Crippen LogP) is 0.301. The van der Waals surface area contributed by atoms with E-state index >= 15 is 0 Å². The summed E-state index contributed by atoms with van der Waals surface area (Å²) in [6.07, 6.45) is 1.39. The summed E-state index contributed by atoms with van der Waals surface area (Å²) in [6, 6.07) is 3.71. The number of hydrogen-bond donors (Lipinski definition) is 3. The van der Waals surface area contributed by atoms with Gasteiger partial charge in [0.2, 0.25) is 11.8 Å². The normalized spacial score (nSPS) is 20.7. The van der Waals surface area contributed by atoms with Crippen molar-refractivity contribution in [3.63, 3.8) is 0 Å². The number of aromatic nitrogens is 4. The van der Waals surface area contributed by atoms with Gasteiger partial charge in [0.15, 0.2) is 12.3 Å². The van der Waals surface area contributed by atoms with E-state index in [-0.39, 0.29) is 35.1 Å². The van der Waals surface area contributed by atoms with Crippen LogP contribution in [0.4, 0.5) is 10.3 Å². The Morgan fingerprint density at radius 2 is 2.23 bits per heavy atom. The summed E-state index contributed by atoms with van der Waals surface area (Å²) in [5.41, 5.74) is 0.562. The first kappa shape index (κ1) is 19.5. The predicted molar refractivity (Wildman–Crippen MR) is 105 cm³/mol. The number of rotatable bonds is 5. The number of morpholine rings is 1. The zero-order valence-corrected chi connectivity index (χ0v) is 16.2. The van der Waals surface area contributed by atoms with Gasteiger partial charge in [0.1, 0.15) is 22.6 Å². The Hall–Kier alpha value is -3.51. The minimum absolute atomic E-state index is 0.00761. The van der Waals surface area contributed by atoms with E-state index in [2.05, 4.69) is 20.4 Å². The van der Waals surface area contributed by atoms with Gasteiger partial charge >= 0.3 is 5.97 Å². The maximum absolute atomic E-state index is 13.8. The van der Waals surface area contributed by atoms with E-state index in [1.807, 2.05) is 4.90 Å². The van der Waals surface area contributed by atoms with Crippen LogP contribution in [0.1, 0.15) is 0 Å². The molecule has 0 amide bonds. The number of aromatic hydroxyl groups is 1. The number of aliphatic carboxylic acids is 1. The highest BCUT2D eigenvalue weighted by Gasteiger charge is 2.37. The van der Waals surface area contributed by atoms with E-state index in [9.17, 15) is 14.3 Å². The van der Waals surface area contributed by atoms with Gasteiger partial charge in [-0.2, -0.15) is 15.1 Å². The maximum atomic E-state index is 13.8. The van der Waals surface area contributed by atoms with Crippen LogP contribution in [0.2, 0.25) is 0 Å². The Morgan fingerprint density at radius 3 is 3.06 bits per heavy atom. The maximum Gasteiger partial charge on any atom is 0.341 e. The summed E-state index contributed by atoms with van der Waals surface area (Å²) in [5.74, 6) is -1.72. The Kier molecular flexibility index (Phi) is 4.79. The quantitative estimate of drug-likeness (QED) is 0.519. The third kappa shape index (κ3) is 3.49. The van der Waals surface area contributed by atoms with Crippen molar-refractivity contribution in [1.29, 1.82) is 0 Å². The number of nitrogens with zero attached hydrogens (tertiary/aromatic N) is 5. The Morgan fingerprint density at radius 1 is 1.35 bits per heavy atom. The smallest absolute Gasteiger partial charge is 0.341 e. The van der Waals surface area contributed by atoms with Crippen LogP contribution in [0.25, 0.3) is 16.7 Å². The topological polar surface area (TPSA) is 135 Å². The molecule has 0 unspecified atom stereocenters. The van der Waals surface area contributed by atoms with E-state index in [0.29, 0.717) is 31.0 Å². The fourth-order valence-corrected chi connectivity index (χ4v) is 3.94. The van der Waals surface area contributed by atoms with Crippen LogP contribution >= 0.6 is 0 Å². The van der Waals surface area contributed by atoms with E-state index < -0.39 is 18.4 Å². The number of carboxylic acids is 1. The zero-order valence-electron chi connectivity index (χ0n) is 16.2. The van der Waals surface area contributed by atoms with Gasteiger partial charge < -0.3 is 29.9 Å². The molecule has 4 heterocycles. The Bertz CT molecular complexity index is 1150. The summed E-state index contributed by atoms with van der Waals surface area (Å²) < 4.78 is 26.2. The molecule has 0 spiro atoms. The van der Waals surface area contributed by atoms with Crippen LogP contribution in [0.15, 0.2) is 24.4 Å². The van der Waals surface area contributed by atoms with Crippen LogP contribution in [0, 0.1) is 5.82 Å². The highest BCUT2D eigenvalue weighted by Crippen LogP contribution is 2.31. The third-order valence-electron chi connectivity index (χ3n) is 5.35. The number of carboxylic acid groups (broad SMARTS) is 1. The van der Waals surface area contributed by atoms with Gasteiger partial charge in [0.25, 0.3) is 0 Å². The lowest BCUT2D eigenvalue weighted by atomic mass is 10.1. The molecular weight excluding hydrogens is 411 g/mol. The van der Waals surface area contributed by atoms with Crippen LogP contribution in [-0.2, 0) is 9.53 Å². The number of halogens is 1. The monoisotopic (exact) mass is 430 g/mol. The molecule has 3 aromatic rings. The van der Waals surface area contributed by atoms with Gasteiger partial charge in [-0.3, -0.25) is 0 Å². The molecule has 2 atom stereocenters. The zero-order chi connectivity index (χ0) is 21.5. The summed E-state index contributed by atoms with van der Waals surface area (Å²) in [6.45, 7) is 1.86. The molecule has 0 radical (unpaired) electrons. The number of ether oxygens (including phenoxy) is 2. The van der Waals surface area contributed by atoms with Crippen LogP contribution in [-0.4, -0.2) is 80.9 Å². The first-order valence-electron chi connectivity index (χ1n) is 9.69. The van der Waals surface area contributed by atoms with Crippen molar-refractivity contribution in [1.82, 2.24) is 25.1 Å². The molecule has 0 bridgehead atoms. The van der Waals surface area contributed by atoms with Crippen molar-refractivity contribution in [2.24, 2.45) is 0 Å². The number of hydrogen-bond acceptors (Lipinski definition) is 9. The molecule has 1 aromatic carbocycles. The second-order valence-electron chi connectivity index (χ2n) is 7.26. The fourth-order valence-electron chi connectivity index (χ4n) is 3.94. The van der Waals surface area contributed by atoms with E-state index in [1.165, 1.54) is 23.0 Å². The van der Waals surface area contributed by atoms with Gasteiger partial charge in [0.05, 0.1) is 24.9 Å². The van der Waals surface area contributed by atoms with E-state index in [0.717, 1.165) is 12.6 Å². The molecule has 3 N–H and O–H groups in total. The number of anilines is 1. The highest BCUT2D eigenvalue weighted by atomic mass is 19.1. The van der Waals surface area contributed by atoms with E-state index in [4.69, 9.17) is 14.6 Å². The second kappa shape index (κ2) is 7.63. The van der Waals surface area contributed by atoms with Gasteiger partial charge in [-0.1, -0.05) is 0 Å².